The van der Waals surface area contributed by atoms with E-state index in [4.69, 9.17) is 11.6 Å². The second-order valence-electron chi connectivity index (χ2n) is 8.68. The number of rotatable bonds is 6. The van der Waals surface area contributed by atoms with E-state index in [1.165, 1.54) is 0 Å². The van der Waals surface area contributed by atoms with Crippen LogP contribution >= 0.6 is 11.6 Å². The number of benzene rings is 3. The van der Waals surface area contributed by atoms with Gasteiger partial charge in [0.1, 0.15) is 0 Å². The molecule has 1 aliphatic rings. The lowest BCUT2D eigenvalue weighted by Crippen LogP contribution is -2.35. The van der Waals surface area contributed by atoms with Crippen LogP contribution in [0.4, 0.5) is 22.7 Å². The van der Waals surface area contributed by atoms with Crippen LogP contribution in [-0.2, 0) is 0 Å². The molecule has 1 amide bonds. The average Bonchev–Trinajstić information content (AvgIpc) is 3.42. The molecule has 5 rings (SSSR count). The van der Waals surface area contributed by atoms with Crippen LogP contribution in [0.2, 0.25) is 5.02 Å². The number of halogens is 1. The first-order chi connectivity index (χ1) is 17.0. The first kappa shape index (κ1) is 23.0. The number of aliphatic hydroxyl groups is 1. The lowest BCUT2D eigenvalue weighted by atomic mass is 10.1. The van der Waals surface area contributed by atoms with E-state index in [1.807, 2.05) is 95.8 Å². The third-order valence-corrected chi connectivity index (χ3v) is 6.55. The highest BCUT2D eigenvalue weighted by Gasteiger charge is 2.17. The molecule has 1 fully saturated rings. The summed E-state index contributed by atoms with van der Waals surface area (Å²) in [5, 5.41) is 16.6. The summed E-state index contributed by atoms with van der Waals surface area (Å²) in [5.74, 6) is -0.157. The van der Waals surface area contributed by atoms with E-state index < -0.39 is 0 Å². The Bertz CT molecular complexity index is 1280. The van der Waals surface area contributed by atoms with Crippen LogP contribution in [0.1, 0.15) is 23.2 Å². The Hall–Kier alpha value is -3.74. The van der Waals surface area contributed by atoms with Gasteiger partial charge in [-0.25, -0.2) is 0 Å². The summed E-state index contributed by atoms with van der Waals surface area (Å²) < 4.78 is 2.00. The molecule has 35 heavy (non-hydrogen) atoms. The predicted octanol–water partition coefficient (Wildman–Crippen LogP) is 6.09. The minimum Gasteiger partial charge on any atom is -0.393 e. The van der Waals surface area contributed by atoms with E-state index in [1.54, 1.807) is 0 Å². The summed E-state index contributed by atoms with van der Waals surface area (Å²) in [7, 11) is 0. The number of nitrogens with zero attached hydrogens (tertiary/aromatic N) is 2. The zero-order chi connectivity index (χ0) is 24.2. The molecule has 1 aromatic heterocycles. The maximum absolute atomic E-state index is 12.7. The maximum Gasteiger partial charge on any atom is 0.255 e. The number of aromatic nitrogens is 1. The van der Waals surface area contributed by atoms with Gasteiger partial charge in [0.05, 0.1) is 16.8 Å². The molecule has 0 bridgehead atoms. The zero-order valence-corrected chi connectivity index (χ0v) is 19.9. The number of anilines is 4. The first-order valence-corrected chi connectivity index (χ1v) is 12.1. The van der Waals surface area contributed by atoms with Crippen molar-refractivity contribution in [1.29, 1.82) is 0 Å². The largest absolute Gasteiger partial charge is 0.393 e. The fourth-order valence-corrected chi connectivity index (χ4v) is 4.44. The van der Waals surface area contributed by atoms with Crippen molar-refractivity contribution in [2.24, 2.45) is 0 Å². The molecule has 3 N–H and O–H groups in total. The molecule has 0 atom stereocenters. The number of carbonyl (C=O) groups excluding carboxylic acids is 1. The number of hydrogen-bond donors (Lipinski definition) is 3. The molecule has 6 nitrogen and oxygen atoms in total. The van der Waals surface area contributed by atoms with E-state index in [-0.39, 0.29) is 12.0 Å². The molecular formula is C28H27ClN4O2. The van der Waals surface area contributed by atoms with E-state index in [2.05, 4.69) is 15.5 Å². The Morgan fingerprint density at radius 2 is 1.49 bits per heavy atom. The summed E-state index contributed by atoms with van der Waals surface area (Å²) in [6, 6.07) is 24.9. The fourth-order valence-electron chi connectivity index (χ4n) is 4.22. The predicted molar refractivity (Wildman–Crippen MR) is 142 cm³/mol. The number of carbonyl (C=O) groups is 1. The molecule has 3 aromatic carbocycles. The van der Waals surface area contributed by atoms with Gasteiger partial charge >= 0.3 is 0 Å². The lowest BCUT2D eigenvalue weighted by Gasteiger charge is -2.31. The smallest absolute Gasteiger partial charge is 0.255 e. The molecule has 4 aromatic rings. The van der Waals surface area contributed by atoms with Crippen molar-refractivity contribution >= 4 is 40.3 Å². The Balaban J connectivity index is 1.19. The van der Waals surface area contributed by atoms with Gasteiger partial charge in [-0.2, -0.15) is 0 Å². The van der Waals surface area contributed by atoms with Crippen LogP contribution in [0.3, 0.4) is 0 Å². The summed E-state index contributed by atoms with van der Waals surface area (Å²) in [5.41, 5.74) is 5.05. The van der Waals surface area contributed by atoms with Gasteiger partial charge in [-0.1, -0.05) is 11.6 Å². The van der Waals surface area contributed by atoms with Gasteiger partial charge in [-0.05, 0) is 91.7 Å². The van der Waals surface area contributed by atoms with Crippen LogP contribution in [-0.4, -0.2) is 34.8 Å². The normalized spacial score (nSPS) is 14.1. The van der Waals surface area contributed by atoms with Crippen LogP contribution in [0.15, 0.2) is 91.3 Å². The van der Waals surface area contributed by atoms with E-state index in [9.17, 15) is 9.90 Å². The average molecular weight is 487 g/mol. The SMILES string of the molecule is O=C(Nc1ccc(Nc2ccc(-n3cccc3)cc2Cl)cc1)c1ccc(N2CCC(O)CC2)cc1. The van der Waals surface area contributed by atoms with Gasteiger partial charge in [-0.15, -0.1) is 0 Å². The van der Waals surface area contributed by atoms with Crippen molar-refractivity contribution in [1.82, 2.24) is 4.57 Å². The van der Waals surface area contributed by atoms with Gasteiger partial charge < -0.3 is 25.2 Å². The van der Waals surface area contributed by atoms with Crippen LogP contribution in [0.25, 0.3) is 5.69 Å². The molecule has 0 radical (unpaired) electrons. The van der Waals surface area contributed by atoms with Crippen LogP contribution in [0, 0.1) is 0 Å². The fraction of sp³-hybridized carbons (Fsp3) is 0.179. The van der Waals surface area contributed by atoms with Gasteiger partial charge in [0.15, 0.2) is 0 Å². The molecule has 0 spiro atoms. The molecule has 0 saturated carbocycles. The Kier molecular flexibility index (Phi) is 6.75. The molecule has 0 aliphatic carbocycles. The molecule has 0 unspecified atom stereocenters. The number of piperidine rings is 1. The van der Waals surface area contributed by atoms with E-state index in [0.717, 1.165) is 48.7 Å². The summed E-state index contributed by atoms with van der Waals surface area (Å²) in [4.78, 5) is 14.9. The lowest BCUT2D eigenvalue weighted by molar-refractivity contribution is 0.102. The Morgan fingerprint density at radius 1 is 0.857 bits per heavy atom. The van der Waals surface area contributed by atoms with Crippen molar-refractivity contribution in [3.8, 4) is 5.69 Å². The maximum atomic E-state index is 12.7. The molecular weight excluding hydrogens is 460 g/mol. The minimum absolute atomic E-state index is 0.157. The zero-order valence-electron chi connectivity index (χ0n) is 19.2. The molecule has 178 valence electrons. The summed E-state index contributed by atoms with van der Waals surface area (Å²) in [6.45, 7) is 1.66. The Morgan fingerprint density at radius 3 is 2.14 bits per heavy atom. The highest BCUT2D eigenvalue weighted by atomic mass is 35.5. The second kappa shape index (κ2) is 10.3. The van der Waals surface area contributed by atoms with Crippen LogP contribution in [0.5, 0.6) is 0 Å². The third kappa shape index (κ3) is 5.50. The molecule has 1 aliphatic heterocycles. The molecule has 7 heteroatoms. The Labute approximate surface area is 209 Å². The summed E-state index contributed by atoms with van der Waals surface area (Å²) >= 11 is 6.48. The number of amides is 1. The quantitative estimate of drug-likeness (QED) is 0.308. The number of aliphatic hydroxyl groups excluding tert-OH is 1. The molecule has 1 saturated heterocycles. The summed E-state index contributed by atoms with van der Waals surface area (Å²) in [6.07, 6.45) is 5.30. The first-order valence-electron chi connectivity index (χ1n) is 11.7. The van der Waals surface area contributed by atoms with Crippen molar-refractivity contribution in [3.05, 3.63) is 102 Å². The minimum atomic E-state index is -0.203. The topological polar surface area (TPSA) is 69.5 Å². The van der Waals surface area contributed by atoms with E-state index in [0.29, 0.717) is 16.3 Å². The van der Waals surface area contributed by atoms with Gasteiger partial charge in [0.2, 0.25) is 0 Å². The third-order valence-electron chi connectivity index (χ3n) is 6.24. The van der Waals surface area contributed by atoms with Gasteiger partial charge in [0.25, 0.3) is 5.91 Å². The molecule has 2 heterocycles. The standard InChI is InChI=1S/C28H27ClN4O2/c29-26-19-24(32-15-1-2-16-32)11-12-27(26)30-21-5-7-22(8-6-21)31-28(35)20-3-9-23(10-4-20)33-17-13-25(34)14-18-33/h1-12,15-16,19,25,30,34H,13-14,17-18H2,(H,31,35). The van der Waals surface area contributed by atoms with Crippen molar-refractivity contribution < 1.29 is 9.90 Å². The number of hydrogen-bond acceptors (Lipinski definition) is 4. The highest BCUT2D eigenvalue weighted by molar-refractivity contribution is 6.33. The second-order valence-corrected chi connectivity index (χ2v) is 9.08. The van der Waals surface area contributed by atoms with E-state index >= 15 is 0 Å². The van der Waals surface area contributed by atoms with Crippen molar-refractivity contribution in [2.45, 2.75) is 18.9 Å². The highest BCUT2D eigenvalue weighted by Crippen LogP contribution is 2.28. The number of nitrogens with one attached hydrogen (secondary N) is 2. The van der Waals surface area contributed by atoms with Crippen molar-refractivity contribution in [2.75, 3.05) is 28.6 Å². The van der Waals surface area contributed by atoms with Gasteiger partial charge in [-0.3, -0.25) is 4.79 Å². The monoisotopic (exact) mass is 486 g/mol. The van der Waals surface area contributed by atoms with Crippen molar-refractivity contribution in [3.63, 3.8) is 0 Å². The van der Waals surface area contributed by atoms with Crippen LogP contribution < -0.4 is 15.5 Å². The van der Waals surface area contributed by atoms with Gasteiger partial charge in [0, 0.05) is 53.8 Å².